The third-order valence-electron chi connectivity index (χ3n) is 6.04. The van der Waals surface area contributed by atoms with Crippen molar-refractivity contribution in [1.82, 2.24) is 5.32 Å². The average molecular weight is 409 g/mol. The highest BCUT2D eigenvalue weighted by Crippen LogP contribution is 2.31. The summed E-state index contributed by atoms with van der Waals surface area (Å²) in [5.41, 5.74) is 3.50. The summed E-state index contributed by atoms with van der Waals surface area (Å²) in [7, 11) is 0. The minimum atomic E-state index is -0.00732. The molecule has 4 rings (SSSR count). The molecule has 0 radical (unpaired) electrons. The fourth-order valence-corrected chi connectivity index (χ4v) is 4.30. The summed E-state index contributed by atoms with van der Waals surface area (Å²) in [6.45, 7) is 7.79. The molecule has 1 fully saturated rings. The van der Waals surface area contributed by atoms with Gasteiger partial charge in [0.05, 0.1) is 6.04 Å². The molecule has 160 valence electrons. The van der Waals surface area contributed by atoms with Gasteiger partial charge in [0.25, 0.3) is 0 Å². The molecular formula is C25H32N2O3. The second-order valence-corrected chi connectivity index (χ2v) is 8.55. The lowest BCUT2D eigenvalue weighted by Crippen LogP contribution is -2.34. The number of hydrogen-bond acceptors (Lipinski definition) is 4. The number of rotatable bonds is 6. The van der Waals surface area contributed by atoms with Gasteiger partial charge in [-0.05, 0) is 67.5 Å². The van der Waals surface area contributed by atoms with E-state index in [4.69, 9.17) is 9.47 Å². The first-order chi connectivity index (χ1) is 14.6. The van der Waals surface area contributed by atoms with Crippen LogP contribution >= 0.6 is 0 Å². The number of ether oxygens (including phenoxy) is 2. The molecule has 1 N–H and O–H groups in total. The number of carbonyl (C=O) groups excluding carboxylic acids is 1. The summed E-state index contributed by atoms with van der Waals surface area (Å²) in [5.74, 6) is 2.37. The lowest BCUT2D eigenvalue weighted by molar-refractivity contribution is -0.121. The van der Waals surface area contributed by atoms with Gasteiger partial charge >= 0.3 is 0 Å². The number of hydrogen-bond donors (Lipinski definition) is 1. The van der Waals surface area contributed by atoms with Crippen LogP contribution in [-0.2, 0) is 11.2 Å². The van der Waals surface area contributed by atoms with E-state index in [2.05, 4.69) is 41.4 Å². The molecule has 5 heteroatoms. The monoisotopic (exact) mass is 408 g/mol. The number of aryl methyl sites for hydroxylation is 1. The van der Waals surface area contributed by atoms with E-state index in [1.54, 1.807) is 0 Å². The molecular weight excluding hydrogens is 376 g/mol. The quantitative estimate of drug-likeness (QED) is 0.764. The van der Waals surface area contributed by atoms with Crippen molar-refractivity contribution >= 4 is 11.6 Å². The summed E-state index contributed by atoms with van der Waals surface area (Å²) in [6, 6.07) is 14.6. The fraction of sp³-hybridized carbons (Fsp3) is 0.480. The first kappa shape index (κ1) is 20.6. The Balaban J connectivity index is 1.28. The molecule has 0 aromatic heterocycles. The van der Waals surface area contributed by atoms with Gasteiger partial charge in [0.2, 0.25) is 5.91 Å². The Morgan fingerprint density at radius 1 is 1.13 bits per heavy atom. The molecule has 30 heavy (non-hydrogen) atoms. The summed E-state index contributed by atoms with van der Waals surface area (Å²) in [6.07, 6.45) is 3.72. The van der Waals surface area contributed by atoms with E-state index in [-0.39, 0.29) is 11.9 Å². The van der Waals surface area contributed by atoms with Gasteiger partial charge in [-0.3, -0.25) is 4.79 Å². The second-order valence-electron chi connectivity index (χ2n) is 8.55. The molecule has 0 unspecified atom stereocenters. The Bertz CT molecular complexity index is 865. The van der Waals surface area contributed by atoms with Gasteiger partial charge in [0.1, 0.15) is 13.2 Å². The van der Waals surface area contributed by atoms with Gasteiger partial charge in [-0.15, -0.1) is 0 Å². The van der Waals surface area contributed by atoms with Gasteiger partial charge in [-0.2, -0.15) is 0 Å². The number of fused-ring (bicyclic) bond motifs is 1. The fourth-order valence-electron chi connectivity index (χ4n) is 4.30. The highest BCUT2D eigenvalue weighted by Gasteiger charge is 2.17. The van der Waals surface area contributed by atoms with Crippen LogP contribution in [0.1, 0.15) is 50.3 Å². The van der Waals surface area contributed by atoms with Crippen LogP contribution in [0.25, 0.3) is 0 Å². The minimum Gasteiger partial charge on any atom is -0.486 e. The summed E-state index contributed by atoms with van der Waals surface area (Å²) >= 11 is 0. The van der Waals surface area contributed by atoms with E-state index in [1.807, 2.05) is 25.1 Å². The molecule has 2 aromatic rings. The topological polar surface area (TPSA) is 50.8 Å². The molecule has 5 nitrogen and oxygen atoms in total. The van der Waals surface area contributed by atoms with Gasteiger partial charge < -0.3 is 19.7 Å². The van der Waals surface area contributed by atoms with Crippen molar-refractivity contribution in [2.75, 3.05) is 31.2 Å². The Hall–Kier alpha value is -2.69. The molecule has 0 aliphatic carbocycles. The predicted molar refractivity (Wildman–Crippen MR) is 119 cm³/mol. The maximum Gasteiger partial charge on any atom is 0.220 e. The standard InChI is InChI=1S/C25H32N2O3/c1-18-4-3-13-27(17-18)22-9-7-21(8-10-22)19(2)26-25(28)12-6-20-5-11-23-24(16-20)30-15-14-29-23/h5,7-11,16,18-19H,3-4,6,12-15,17H2,1-2H3,(H,26,28)/t18-,19-/m0/s1. The molecule has 2 aromatic carbocycles. The first-order valence-electron chi connectivity index (χ1n) is 11.1. The Labute approximate surface area is 179 Å². The highest BCUT2D eigenvalue weighted by atomic mass is 16.6. The highest BCUT2D eigenvalue weighted by molar-refractivity contribution is 5.76. The third-order valence-corrected chi connectivity index (χ3v) is 6.04. The van der Waals surface area contributed by atoms with Crippen LogP contribution in [0.2, 0.25) is 0 Å². The van der Waals surface area contributed by atoms with E-state index in [1.165, 1.54) is 18.5 Å². The maximum absolute atomic E-state index is 12.5. The first-order valence-corrected chi connectivity index (χ1v) is 11.1. The van der Waals surface area contributed by atoms with Crippen LogP contribution in [-0.4, -0.2) is 32.2 Å². The molecule has 0 saturated carbocycles. The molecule has 2 aliphatic heterocycles. The Morgan fingerprint density at radius 3 is 2.67 bits per heavy atom. The van der Waals surface area contributed by atoms with Crippen molar-refractivity contribution in [3.8, 4) is 11.5 Å². The summed E-state index contributed by atoms with van der Waals surface area (Å²) in [4.78, 5) is 14.9. The third kappa shape index (κ3) is 5.07. The van der Waals surface area contributed by atoms with Gasteiger partial charge in [-0.25, -0.2) is 0 Å². The van der Waals surface area contributed by atoms with E-state index in [9.17, 15) is 4.79 Å². The van der Waals surface area contributed by atoms with E-state index < -0.39 is 0 Å². The molecule has 1 amide bonds. The summed E-state index contributed by atoms with van der Waals surface area (Å²) < 4.78 is 11.2. The molecule has 2 heterocycles. The SMILES string of the molecule is C[C@H]1CCCN(c2ccc([C@H](C)NC(=O)CCc3ccc4c(c3)OCCO4)cc2)C1. The zero-order chi connectivity index (χ0) is 20.9. The molecule has 1 saturated heterocycles. The second kappa shape index (κ2) is 9.41. The van der Waals surface area contributed by atoms with Crippen LogP contribution in [0, 0.1) is 5.92 Å². The Kier molecular flexibility index (Phi) is 6.46. The van der Waals surface area contributed by atoms with E-state index >= 15 is 0 Å². The van der Waals surface area contributed by atoms with E-state index in [0.29, 0.717) is 26.1 Å². The van der Waals surface area contributed by atoms with Crippen molar-refractivity contribution in [3.05, 3.63) is 53.6 Å². The average Bonchev–Trinajstić information content (AvgIpc) is 2.77. The number of anilines is 1. The van der Waals surface area contributed by atoms with Gasteiger partial charge in [-0.1, -0.05) is 25.1 Å². The maximum atomic E-state index is 12.5. The smallest absolute Gasteiger partial charge is 0.220 e. The number of piperidine rings is 1. The largest absolute Gasteiger partial charge is 0.486 e. The van der Waals surface area contributed by atoms with Crippen LogP contribution < -0.4 is 19.7 Å². The zero-order valence-corrected chi connectivity index (χ0v) is 18.0. The number of nitrogens with zero attached hydrogens (tertiary/aromatic N) is 1. The number of nitrogens with one attached hydrogen (secondary N) is 1. The molecule has 0 bridgehead atoms. The van der Waals surface area contributed by atoms with Crippen LogP contribution in [0.15, 0.2) is 42.5 Å². The van der Waals surface area contributed by atoms with Gasteiger partial charge in [0, 0.05) is 25.2 Å². The van der Waals surface area contributed by atoms with Crippen LogP contribution in [0.4, 0.5) is 5.69 Å². The van der Waals surface area contributed by atoms with Crippen LogP contribution in [0.3, 0.4) is 0 Å². The lowest BCUT2D eigenvalue weighted by atomic mass is 9.99. The molecule has 2 atom stereocenters. The molecule has 0 spiro atoms. The van der Waals surface area contributed by atoms with Crippen molar-refractivity contribution in [2.45, 2.75) is 45.6 Å². The normalized spacial score (nSPS) is 19.3. The summed E-state index contributed by atoms with van der Waals surface area (Å²) in [5, 5.41) is 3.13. The number of amides is 1. The Morgan fingerprint density at radius 2 is 1.90 bits per heavy atom. The van der Waals surface area contributed by atoms with Gasteiger partial charge in [0.15, 0.2) is 11.5 Å². The van der Waals surface area contributed by atoms with Crippen molar-refractivity contribution < 1.29 is 14.3 Å². The number of benzene rings is 2. The zero-order valence-electron chi connectivity index (χ0n) is 18.0. The van der Waals surface area contributed by atoms with Crippen molar-refractivity contribution in [2.24, 2.45) is 5.92 Å². The lowest BCUT2D eigenvalue weighted by Gasteiger charge is -2.33. The van der Waals surface area contributed by atoms with Crippen molar-refractivity contribution in [1.29, 1.82) is 0 Å². The molecule has 2 aliphatic rings. The predicted octanol–water partition coefficient (Wildman–Crippen LogP) is 4.50. The van der Waals surface area contributed by atoms with Crippen molar-refractivity contribution in [3.63, 3.8) is 0 Å². The van der Waals surface area contributed by atoms with Crippen LogP contribution in [0.5, 0.6) is 11.5 Å². The van der Waals surface area contributed by atoms with E-state index in [0.717, 1.165) is 41.6 Å². The number of carbonyl (C=O) groups is 1. The minimum absolute atomic E-state index is 0.00732.